The quantitative estimate of drug-likeness (QED) is 0.374. The Kier molecular flexibility index (Phi) is 7.38. The molecule has 0 spiro atoms. The van der Waals surface area contributed by atoms with Crippen molar-refractivity contribution in [1.29, 1.82) is 0 Å². The molecule has 1 saturated heterocycles. The minimum absolute atomic E-state index is 0.0527. The van der Waals surface area contributed by atoms with Crippen LogP contribution in [0.1, 0.15) is 61.2 Å². The normalized spacial score (nSPS) is 22.2. The lowest BCUT2D eigenvalue weighted by Gasteiger charge is -2.43. The lowest BCUT2D eigenvalue weighted by atomic mass is 9.85. The van der Waals surface area contributed by atoms with Crippen LogP contribution in [-0.4, -0.2) is 69.7 Å². The molecule has 3 N–H and O–H groups in total. The van der Waals surface area contributed by atoms with Crippen molar-refractivity contribution in [2.24, 2.45) is 5.92 Å². The molecule has 200 valence electrons. The van der Waals surface area contributed by atoms with Crippen molar-refractivity contribution in [3.8, 4) is 0 Å². The van der Waals surface area contributed by atoms with Crippen molar-refractivity contribution in [3.05, 3.63) is 70.7 Å². The molecule has 0 radical (unpaired) electrons. The van der Waals surface area contributed by atoms with Crippen LogP contribution in [0.2, 0.25) is 0 Å². The number of alkyl halides is 2. The molecule has 1 fully saturated rings. The van der Waals surface area contributed by atoms with E-state index in [2.05, 4.69) is 16.8 Å². The van der Waals surface area contributed by atoms with Crippen LogP contribution in [0, 0.1) is 11.7 Å². The number of halogens is 3. The van der Waals surface area contributed by atoms with Crippen molar-refractivity contribution in [1.82, 2.24) is 14.8 Å². The summed E-state index contributed by atoms with van der Waals surface area (Å²) in [6.45, 7) is 4.63. The Morgan fingerprint density at radius 1 is 1.16 bits per heavy atom. The van der Waals surface area contributed by atoms with Gasteiger partial charge in [-0.2, -0.15) is 0 Å². The summed E-state index contributed by atoms with van der Waals surface area (Å²) in [5.74, 6) is -3.80. The fourth-order valence-electron chi connectivity index (χ4n) is 6.00. The van der Waals surface area contributed by atoms with Crippen LogP contribution < -0.4 is 0 Å². The average Bonchev–Trinajstić information content (AvgIpc) is 3.21. The van der Waals surface area contributed by atoms with Gasteiger partial charge in [0.1, 0.15) is 12.4 Å². The number of aliphatic hydroxyl groups is 2. The summed E-state index contributed by atoms with van der Waals surface area (Å²) >= 11 is 0. The summed E-state index contributed by atoms with van der Waals surface area (Å²) in [7, 11) is 0. The smallest absolute Gasteiger partial charge is 0.283 e. The van der Waals surface area contributed by atoms with E-state index in [9.17, 15) is 19.0 Å². The van der Waals surface area contributed by atoms with Gasteiger partial charge >= 0.3 is 0 Å². The van der Waals surface area contributed by atoms with E-state index in [1.165, 1.54) is 6.07 Å². The van der Waals surface area contributed by atoms with Crippen LogP contribution in [0.3, 0.4) is 0 Å². The molecule has 0 saturated carbocycles. The van der Waals surface area contributed by atoms with E-state index in [1.54, 1.807) is 17.0 Å². The van der Waals surface area contributed by atoms with Crippen LogP contribution >= 0.6 is 0 Å². The van der Waals surface area contributed by atoms with E-state index in [0.29, 0.717) is 17.7 Å². The molecular formula is C29H36F3N3O2. The Morgan fingerprint density at radius 2 is 1.92 bits per heavy atom. The standard InChI is InChI=1S/C29H36F3N3O2/c1-3-4-11-34-14-20(15-34)28(37)19-9-10-22(24(30)13-19)27-26-23(21-7-5-6-8-25(21)33-26)12-18(2)35(27)16-29(31,32)17-36/h5-10,13,18,20,27-28,33,36-37H,3-4,11-12,14-17H2,1-2H3/t18-,27-,28?/m1/s1. The number of benzene rings is 2. The fourth-order valence-corrected chi connectivity index (χ4v) is 6.00. The number of unbranched alkanes of at least 4 members (excludes halogenated alkanes) is 1. The molecule has 0 aliphatic carbocycles. The third-order valence-electron chi connectivity index (χ3n) is 8.08. The Balaban J connectivity index is 1.48. The summed E-state index contributed by atoms with van der Waals surface area (Å²) in [5, 5.41) is 21.2. The molecule has 0 amide bonds. The summed E-state index contributed by atoms with van der Waals surface area (Å²) < 4.78 is 44.7. The van der Waals surface area contributed by atoms with Gasteiger partial charge in [-0.1, -0.05) is 43.7 Å². The maximum absolute atomic E-state index is 15.8. The second-order valence-corrected chi connectivity index (χ2v) is 10.8. The first kappa shape index (κ1) is 26.2. The van der Waals surface area contributed by atoms with Crippen LogP contribution in [0.15, 0.2) is 42.5 Å². The second-order valence-electron chi connectivity index (χ2n) is 10.8. The van der Waals surface area contributed by atoms with Crippen molar-refractivity contribution in [2.45, 2.75) is 57.2 Å². The van der Waals surface area contributed by atoms with E-state index < -0.39 is 37.0 Å². The number of nitrogens with one attached hydrogen (secondary N) is 1. The number of para-hydroxylation sites is 1. The minimum atomic E-state index is -3.32. The molecule has 2 aromatic carbocycles. The number of aromatic amines is 1. The van der Waals surface area contributed by atoms with Gasteiger partial charge < -0.3 is 20.1 Å². The highest BCUT2D eigenvalue weighted by molar-refractivity contribution is 5.85. The van der Waals surface area contributed by atoms with E-state index in [1.807, 2.05) is 31.2 Å². The van der Waals surface area contributed by atoms with Gasteiger partial charge in [-0.05, 0) is 49.6 Å². The SMILES string of the molecule is CCCCN1CC(C(O)c2ccc([C@@H]3c4[nH]c5ccccc5c4C[C@@H](C)N3CC(F)(F)CO)c(F)c2)C1. The maximum Gasteiger partial charge on any atom is 0.283 e. The fraction of sp³-hybridized carbons (Fsp3) is 0.517. The zero-order valence-corrected chi connectivity index (χ0v) is 21.4. The van der Waals surface area contributed by atoms with E-state index in [-0.39, 0.29) is 17.5 Å². The monoisotopic (exact) mass is 515 g/mol. The highest BCUT2D eigenvalue weighted by Gasteiger charge is 2.42. The number of aromatic nitrogens is 1. The lowest BCUT2D eigenvalue weighted by Crippen LogP contribution is -2.49. The molecular weight excluding hydrogens is 479 g/mol. The number of likely N-dealkylation sites (tertiary alicyclic amines) is 1. The van der Waals surface area contributed by atoms with Gasteiger partial charge in [0.05, 0.1) is 18.7 Å². The Labute approximate surface area is 215 Å². The number of aliphatic hydroxyl groups excluding tert-OH is 2. The molecule has 2 aliphatic heterocycles. The number of hydrogen-bond acceptors (Lipinski definition) is 4. The van der Waals surface area contributed by atoms with E-state index in [0.717, 1.165) is 48.9 Å². The van der Waals surface area contributed by atoms with Gasteiger partial charge in [0, 0.05) is 47.2 Å². The summed E-state index contributed by atoms with van der Waals surface area (Å²) in [5.41, 5.74) is 3.37. The van der Waals surface area contributed by atoms with Crippen LogP contribution in [-0.2, 0) is 6.42 Å². The molecule has 8 heteroatoms. The Bertz CT molecular complexity index is 1240. The zero-order chi connectivity index (χ0) is 26.3. The van der Waals surface area contributed by atoms with Crippen molar-refractivity contribution in [3.63, 3.8) is 0 Å². The topological polar surface area (TPSA) is 62.7 Å². The van der Waals surface area contributed by atoms with Crippen molar-refractivity contribution < 1.29 is 23.4 Å². The molecule has 3 heterocycles. The average molecular weight is 516 g/mol. The van der Waals surface area contributed by atoms with Crippen molar-refractivity contribution in [2.75, 3.05) is 32.8 Å². The van der Waals surface area contributed by atoms with Crippen LogP contribution in [0.4, 0.5) is 13.2 Å². The number of H-pyrrole nitrogens is 1. The molecule has 0 bridgehead atoms. The van der Waals surface area contributed by atoms with Crippen molar-refractivity contribution >= 4 is 10.9 Å². The molecule has 5 nitrogen and oxygen atoms in total. The van der Waals surface area contributed by atoms with E-state index in [4.69, 9.17) is 0 Å². The van der Waals surface area contributed by atoms with Gasteiger partial charge in [-0.3, -0.25) is 4.90 Å². The number of fused-ring (bicyclic) bond motifs is 3. The number of hydrogen-bond donors (Lipinski definition) is 3. The van der Waals surface area contributed by atoms with Gasteiger partial charge in [0.15, 0.2) is 0 Å². The van der Waals surface area contributed by atoms with Crippen LogP contribution in [0.5, 0.6) is 0 Å². The highest BCUT2D eigenvalue weighted by Crippen LogP contribution is 2.43. The molecule has 5 rings (SSSR count). The predicted molar refractivity (Wildman–Crippen MR) is 138 cm³/mol. The summed E-state index contributed by atoms with van der Waals surface area (Å²) in [4.78, 5) is 7.25. The molecule has 37 heavy (non-hydrogen) atoms. The van der Waals surface area contributed by atoms with Gasteiger partial charge in [0.2, 0.25) is 0 Å². The predicted octanol–water partition coefficient (Wildman–Crippen LogP) is 5.04. The van der Waals surface area contributed by atoms with Gasteiger partial charge in [-0.15, -0.1) is 0 Å². The Morgan fingerprint density at radius 3 is 2.62 bits per heavy atom. The molecule has 3 atom stereocenters. The summed E-state index contributed by atoms with van der Waals surface area (Å²) in [6, 6.07) is 11.4. The largest absolute Gasteiger partial charge is 0.390 e. The third-order valence-corrected chi connectivity index (χ3v) is 8.08. The van der Waals surface area contributed by atoms with Crippen LogP contribution in [0.25, 0.3) is 10.9 Å². The van der Waals surface area contributed by atoms with Gasteiger partial charge in [0.25, 0.3) is 5.92 Å². The lowest BCUT2D eigenvalue weighted by molar-refractivity contribution is -0.0866. The van der Waals surface area contributed by atoms with Gasteiger partial charge in [-0.25, -0.2) is 13.2 Å². The maximum atomic E-state index is 15.8. The third kappa shape index (κ3) is 5.04. The first-order valence-corrected chi connectivity index (χ1v) is 13.3. The molecule has 2 aliphatic rings. The highest BCUT2D eigenvalue weighted by atomic mass is 19.3. The molecule has 1 aromatic heterocycles. The number of nitrogens with zero attached hydrogens (tertiary/aromatic N) is 2. The molecule has 3 aromatic rings. The number of rotatable bonds is 9. The zero-order valence-electron chi connectivity index (χ0n) is 21.4. The first-order valence-electron chi connectivity index (χ1n) is 13.3. The molecule has 1 unspecified atom stereocenters. The Hall–Kier alpha value is -2.39. The first-order chi connectivity index (χ1) is 17.7. The second kappa shape index (κ2) is 10.4. The summed E-state index contributed by atoms with van der Waals surface area (Å²) in [6.07, 6.45) is 2.00. The van der Waals surface area contributed by atoms with E-state index >= 15 is 4.39 Å². The minimum Gasteiger partial charge on any atom is -0.390 e.